The van der Waals surface area contributed by atoms with Gasteiger partial charge in [0.15, 0.2) is 0 Å². The number of amides is 1. The van der Waals surface area contributed by atoms with Gasteiger partial charge in [0.2, 0.25) is 0 Å². The minimum atomic E-state index is -1.15. The lowest BCUT2D eigenvalue weighted by atomic mass is 10.3. The summed E-state index contributed by atoms with van der Waals surface area (Å²) >= 11 is 1.66. The van der Waals surface area contributed by atoms with E-state index in [0.29, 0.717) is 5.75 Å². The number of carbonyl (C=O) groups excluding carboxylic acids is 2. The number of nitrogens with one attached hydrogen (secondary N) is 1. The molecule has 0 fully saturated rings. The summed E-state index contributed by atoms with van der Waals surface area (Å²) < 4.78 is 9.09. The molecule has 0 radical (unpaired) electrons. The van der Waals surface area contributed by atoms with Crippen molar-refractivity contribution in [2.75, 3.05) is 25.3 Å². The molecule has 0 saturated heterocycles. The Bertz CT molecular complexity index is 268. The zero-order valence-electron chi connectivity index (χ0n) is 11.0. The number of rotatable bonds is 6. The van der Waals surface area contributed by atoms with Crippen LogP contribution in [-0.2, 0) is 14.3 Å². The van der Waals surface area contributed by atoms with E-state index in [1.807, 2.05) is 0 Å². The van der Waals surface area contributed by atoms with Gasteiger partial charge < -0.3 is 14.8 Å². The molecule has 5 nitrogen and oxygen atoms in total. The summed E-state index contributed by atoms with van der Waals surface area (Å²) in [4.78, 5) is 22.5. The first kappa shape index (κ1) is 16.3. The molecule has 0 saturated carbocycles. The molecule has 100 valence electrons. The smallest absolute Gasteiger partial charge is 0.407 e. The average Bonchev–Trinajstić information content (AvgIpc) is 2.24. The van der Waals surface area contributed by atoms with Crippen molar-refractivity contribution in [1.82, 2.24) is 5.32 Å². The molecule has 0 aliphatic carbocycles. The van der Waals surface area contributed by atoms with Crippen LogP contribution in [0.25, 0.3) is 0 Å². The van der Waals surface area contributed by atoms with E-state index in [-0.39, 0.29) is 0 Å². The van der Waals surface area contributed by atoms with E-state index in [9.17, 15) is 9.59 Å². The van der Waals surface area contributed by atoms with Crippen LogP contribution in [0.4, 0.5) is 4.79 Å². The normalized spacial score (nSPS) is 12.8. The topological polar surface area (TPSA) is 64.6 Å². The maximum Gasteiger partial charge on any atom is 0.407 e. The Morgan fingerprint density at radius 1 is 1.24 bits per heavy atom. The van der Waals surface area contributed by atoms with Crippen molar-refractivity contribution in [1.29, 1.82) is 0 Å². The lowest BCUT2D eigenvalue weighted by Gasteiger charge is -2.18. The molecule has 0 aromatic carbocycles. The van der Waals surface area contributed by atoms with Gasteiger partial charge in [-0.2, -0.15) is 11.8 Å². The molecular weight excluding hydrogens is 258 g/mol. The van der Waals surface area contributed by atoms with Crippen LogP contribution in [0.2, 0.25) is 19.6 Å². The van der Waals surface area contributed by atoms with Crippen molar-refractivity contribution < 1.29 is 19.1 Å². The van der Waals surface area contributed by atoms with Gasteiger partial charge in [-0.3, -0.25) is 0 Å². The Hall–Kier alpha value is -0.693. The average molecular weight is 279 g/mol. The van der Waals surface area contributed by atoms with Gasteiger partial charge in [0.25, 0.3) is 0 Å². The molecule has 0 aromatic heterocycles. The molecule has 1 atom stereocenters. The molecule has 7 heteroatoms. The second kappa shape index (κ2) is 7.60. The third-order valence-electron chi connectivity index (χ3n) is 1.78. The molecule has 1 amide bonds. The Balaban J connectivity index is 4.21. The summed E-state index contributed by atoms with van der Waals surface area (Å²) in [5.74, 6) is 0.0601. The quantitative estimate of drug-likeness (QED) is 0.589. The van der Waals surface area contributed by atoms with Gasteiger partial charge in [0.05, 0.1) is 22.3 Å². The number of alkyl carbamates (subject to hydrolysis) is 1. The first-order valence-corrected chi connectivity index (χ1v) is 10.2. The van der Waals surface area contributed by atoms with Crippen LogP contribution in [0.15, 0.2) is 0 Å². The molecule has 1 N–H and O–H groups in total. The fourth-order valence-corrected chi connectivity index (χ4v) is 4.37. The van der Waals surface area contributed by atoms with Gasteiger partial charge in [-0.25, -0.2) is 9.59 Å². The molecule has 0 aromatic rings. The van der Waals surface area contributed by atoms with E-state index in [4.69, 9.17) is 0 Å². The van der Waals surface area contributed by atoms with Crippen molar-refractivity contribution in [3.8, 4) is 0 Å². The third kappa shape index (κ3) is 8.09. The minimum Gasteiger partial charge on any atom is -0.467 e. The number of carbonyl (C=O) groups is 2. The molecule has 0 spiro atoms. The summed E-state index contributed by atoms with van der Waals surface area (Å²) in [6.07, 6.45) is -0.617. The largest absolute Gasteiger partial charge is 0.467 e. The summed E-state index contributed by atoms with van der Waals surface area (Å²) in [6.45, 7) is 6.75. The fraction of sp³-hybridized carbons (Fsp3) is 0.800. The van der Waals surface area contributed by atoms with Crippen LogP contribution >= 0.6 is 11.8 Å². The number of methoxy groups -OCH3 is 2. The molecule has 0 unspecified atom stereocenters. The SMILES string of the molecule is COC(=O)N[C@@H](CSC[Si](C)(C)C)C(=O)OC. The van der Waals surface area contributed by atoms with E-state index >= 15 is 0 Å². The van der Waals surface area contributed by atoms with Gasteiger partial charge in [0, 0.05) is 5.75 Å². The third-order valence-corrected chi connectivity index (χ3v) is 6.63. The molecule has 0 heterocycles. The lowest BCUT2D eigenvalue weighted by Crippen LogP contribution is -2.43. The molecule has 17 heavy (non-hydrogen) atoms. The number of thioether (sulfide) groups is 1. The van der Waals surface area contributed by atoms with E-state index in [0.717, 1.165) is 5.38 Å². The Labute approximate surface area is 108 Å². The van der Waals surface area contributed by atoms with Crippen LogP contribution in [0, 0.1) is 0 Å². The van der Waals surface area contributed by atoms with Crippen LogP contribution in [0.1, 0.15) is 0 Å². The van der Waals surface area contributed by atoms with Gasteiger partial charge >= 0.3 is 12.1 Å². The van der Waals surface area contributed by atoms with Gasteiger partial charge in [-0.05, 0) is 5.38 Å². The number of esters is 1. The number of ether oxygens (including phenoxy) is 2. The van der Waals surface area contributed by atoms with Crippen molar-refractivity contribution in [2.45, 2.75) is 25.7 Å². The molecule has 0 aliphatic heterocycles. The van der Waals surface area contributed by atoms with Crippen LogP contribution < -0.4 is 5.32 Å². The number of hydrogen-bond donors (Lipinski definition) is 1. The fourth-order valence-electron chi connectivity index (χ4n) is 0.995. The van der Waals surface area contributed by atoms with E-state index in [1.165, 1.54) is 14.2 Å². The molecule has 0 bridgehead atoms. The highest BCUT2D eigenvalue weighted by Crippen LogP contribution is 2.13. The summed E-state index contributed by atoms with van der Waals surface area (Å²) in [6, 6.07) is -0.645. The van der Waals surface area contributed by atoms with E-state index in [2.05, 4.69) is 34.4 Å². The van der Waals surface area contributed by atoms with Crippen LogP contribution in [0.5, 0.6) is 0 Å². The maximum absolute atomic E-state index is 11.4. The second-order valence-electron chi connectivity index (χ2n) is 4.79. The lowest BCUT2D eigenvalue weighted by molar-refractivity contribution is -0.142. The van der Waals surface area contributed by atoms with Crippen molar-refractivity contribution in [3.63, 3.8) is 0 Å². The molecule has 0 aliphatic rings. The highest BCUT2D eigenvalue weighted by Gasteiger charge is 2.23. The predicted octanol–water partition coefficient (Wildman–Crippen LogP) is 1.49. The second-order valence-corrected chi connectivity index (χ2v) is 11.8. The van der Waals surface area contributed by atoms with Crippen LogP contribution in [0.3, 0.4) is 0 Å². The Morgan fingerprint density at radius 2 is 1.82 bits per heavy atom. The zero-order valence-corrected chi connectivity index (χ0v) is 12.8. The molecule has 0 rings (SSSR count). The molecular formula is C10H21NO4SSi. The van der Waals surface area contributed by atoms with Gasteiger partial charge in [0.1, 0.15) is 6.04 Å². The van der Waals surface area contributed by atoms with Crippen molar-refractivity contribution in [3.05, 3.63) is 0 Å². The predicted molar refractivity (Wildman–Crippen MR) is 72.0 cm³/mol. The van der Waals surface area contributed by atoms with Gasteiger partial charge in [-0.1, -0.05) is 19.6 Å². The van der Waals surface area contributed by atoms with E-state index < -0.39 is 26.2 Å². The van der Waals surface area contributed by atoms with E-state index in [1.54, 1.807) is 11.8 Å². The van der Waals surface area contributed by atoms with Crippen molar-refractivity contribution in [2.24, 2.45) is 0 Å². The minimum absolute atomic E-state index is 0.446. The van der Waals surface area contributed by atoms with Crippen LogP contribution in [-0.4, -0.2) is 51.5 Å². The summed E-state index contributed by atoms with van der Waals surface area (Å²) in [5, 5.41) is 3.49. The monoisotopic (exact) mass is 279 g/mol. The highest BCUT2D eigenvalue weighted by molar-refractivity contribution is 8.00. The highest BCUT2D eigenvalue weighted by atomic mass is 32.2. The first-order chi connectivity index (χ1) is 7.80. The van der Waals surface area contributed by atoms with Gasteiger partial charge in [-0.15, -0.1) is 0 Å². The summed E-state index contributed by atoms with van der Waals surface area (Å²) in [5.41, 5.74) is 0. The summed E-state index contributed by atoms with van der Waals surface area (Å²) in [7, 11) is 1.42. The Morgan fingerprint density at radius 3 is 2.24 bits per heavy atom. The maximum atomic E-state index is 11.4. The van der Waals surface area contributed by atoms with Crippen molar-refractivity contribution >= 4 is 31.9 Å². The number of hydrogen-bond acceptors (Lipinski definition) is 5. The zero-order chi connectivity index (χ0) is 13.5. The standard InChI is InChI=1S/C10H21NO4SSi/c1-14-9(12)8(11-10(13)15-2)6-16-7-17(3,4)5/h8H,6-7H2,1-5H3,(H,11,13)/t8-/m0/s1. The first-order valence-electron chi connectivity index (χ1n) is 5.30. The Kier molecular flexibility index (Phi) is 7.29.